The molecule has 0 aromatic heterocycles. The number of nitrogens with one attached hydrogen (secondary N) is 2. The molecule has 1 aromatic rings. The van der Waals surface area contributed by atoms with Gasteiger partial charge in [0.2, 0.25) is 5.91 Å². The molecule has 110 valence electrons. The van der Waals surface area contributed by atoms with E-state index in [1.807, 2.05) is 31.2 Å². The van der Waals surface area contributed by atoms with Gasteiger partial charge in [-0.15, -0.1) is 0 Å². The molecule has 4 heteroatoms. The topological polar surface area (TPSA) is 58.2 Å². The average molecular weight is 284 g/mol. The molecule has 0 bridgehead atoms. The summed E-state index contributed by atoms with van der Waals surface area (Å²) in [5.74, 6) is 0.0417. The quantitative estimate of drug-likeness (QED) is 0.894. The first kappa shape index (κ1) is 13.9. The van der Waals surface area contributed by atoms with Crippen LogP contribution in [-0.4, -0.2) is 18.4 Å². The number of hydrogen-bond donors (Lipinski definition) is 2. The molecule has 21 heavy (non-hydrogen) atoms. The third kappa shape index (κ3) is 2.71. The number of carbonyl (C=O) groups excluding carboxylic acids is 2. The largest absolute Gasteiger partial charge is 0.351 e. The van der Waals surface area contributed by atoms with Gasteiger partial charge in [-0.1, -0.05) is 23.8 Å². The summed E-state index contributed by atoms with van der Waals surface area (Å²) in [5, 5.41) is 6.00. The minimum Gasteiger partial charge on any atom is -0.351 e. The van der Waals surface area contributed by atoms with Crippen molar-refractivity contribution in [3.8, 4) is 0 Å². The first-order valence-electron chi connectivity index (χ1n) is 7.44. The molecule has 1 fully saturated rings. The summed E-state index contributed by atoms with van der Waals surface area (Å²) < 4.78 is 0. The number of hydrogen-bond acceptors (Lipinski definition) is 2. The molecule has 1 aliphatic carbocycles. The molecule has 1 unspecified atom stereocenters. The van der Waals surface area contributed by atoms with Crippen molar-refractivity contribution in [2.45, 2.75) is 32.6 Å². The van der Waals surface area contributed by atoms with Gasteiger partial charge in [-0.3, -0.25) is 9.59 Å². The van der Waals surface area contributed by atoms with E-state index in [9.17, 15) is 9.59 Å². The first-order valence-corrected chi connectivity index (χ1v) is 7.44. The second-order valence-electron chi connectivity index (χ2n) is 6.04. The Hall–Kier alpha value is -2.10. The van der Waals surface area contributed by atoms with Crippen LogP contribution in [0.4, 0.5) is 0 Å². The molecular formula is C17H20N2O2. The zero-order valence-electron chi connectivity index (χ0n) is 12.2. The number of aryl methyl sites for hydroxylation is 1. The molecule has 1 aliphatic heterocycles. The van der Waals surface area contributed by atoms with Crippen LogP contribution in [0.15, 0.2) is 36.0 Å². The standard InChI is InChI=1S/C17H20N2O2/c1-12-4-2-5-13(10-12)16(21)18-11-17-8-3-6-14(17)19-15(20)7-9-17/h2,4-6,10H,3,7-9,11H2,1H3,(H,18,21)(H,19,20). The van der Waals surface area contributed by atoms with Gasteiger partial charge in [0.25, 0.3) is 5.91 Å². The SMILES string of the molecule is Cc1cccc(C(=O)NCC23CCC=C2NC(=O)CC3)c1. The maximum atomic E-state index is 12.3. The van der Waals surface area contributed by atoms with E-state index in [-0.39, 0.29) is 17.2 Å². The van der Waals surface area contributed by atoms with Crippen molar-refractivity contribution in [2.75, 3.05) is 6.54 Å². The van der Waals surface area contributed by atoms with Gasteiger partial charge in [0.15, 0.2) is 0 Å². The molecule has 2 N–H and O–H groups in total. The first-order chi connectivity index (χ1) is 10.1. The highest BCUT2D eigenvalue weighted by atomic mass is 16.2. The Bertz CT molecular complexity index is 621. The second kappa shape index (κ2) is 5.35. The summed E-state index contributed by atoms with van der Waals surface area (Å²) in [5.41, 5.74) is 2.69. The smallest absolute Gasteiger partial charge is 0.251 e. The summed E-state index contributed by atoms with van der Waals surface area (Å²) in [4.78, 5) is 23.8. The fourth-order valence-electron chi connectivity index (χ4n) is 3.26. The van der Waals surface area contributed by atoms with E-state index < -0.39 is 0 Å². The molecule has 1 saturated heterocycles. The minimum absolute atomic E-state index is 0.0452. The normalized spacial score (nSPS) is 24.0. The van der Waals surface area contributed by atoms with Crippen molar-refractivity contribution in [2.24, 2.45) is 5.41 Å². The van der Waals surface area contributed by atoms with Gasteiger partial charge in [0, 0.05) is 29.6 Å². The van der Waals surface area contributed by atoms with Crippen molar-refractivity contribution in [3.05, 3.63) is 47.2 Å². The van der Waals surface area contributed by atoms with E-state index in [2.05, 4.69) is 16.7 Å². The molecule has 1 aromatic carbocycles. The van der Waals surface area contributed by atoms with Gasteiger partial charge in [-0.2, -0.15) is 0 Å². The summed E-state index contributed by atoms with van der Waals surface area (Å²) in [6, 6.07) is 7.59. The van der Waals surface area contributed by atoms with Gasteiger partial charge in [-0.05, 0) is 38.3 Å². The van der Waals surface area contributed by atoms with Gasteiger partial charge < -0.3 is 10.6 Å². The number of allylic oxidation sites excluding steroid dienone is 1. The van der Waals surface area contributed by atoms with Crippen molar-refractivity contribution in [1.29, 1.82) is 0 Å². The van der Waals surface area contributed by atoms with Crippen molar-refractivity contribution < 1.29 is 9.59 Å². The predicted octanol–water partition coefficient (Wildman–Crippen LogP) is 2.30. The van der Waals surface area contributed by atoms with Crippen LogP contribution < -0.4 is 10.6 Å². The highest BCUT2D eigenvalue weighted by Gasteiger charge is 2.41. The molecule has 4 nitrogen and oxygen atoms in total. The molecular weight excluding hydrogens is 264 g/mol. The number of piperidine rings is 1. The zero-order valence-corrected chi connectivity index (χ0v) is 12.2. The van der Waals surface area contributed by atoms with Crippen LogP contribution in [0.25, 0.3) is 0 Å². The van der Waals surface area contributed by atoms with E-state index in [0.29, 0.717) is 18.5 Å². The van der Waals surface area contributed by atoms with Crippen molar-refractivity contribution in [3.63, 3.8) is 0 Å². The van der Waals surface area contributed by atoms with E-state index >= 15 is 0 Å². The lowest BCUT2D eigenvalue weighted by molar-refractivity contribution is -0.122. The predicted molar refractivity (Wildman–Crippen MR) is 80.6 cm³/mol. The van der Waals surface area contributed by atoms with Crippen LogP contribution in [-0.2, 0) is 4.79 Å². The minimum atomic E-state index is -0.0760. The lowest BCUT2D eigenvalue weighted by atomic mass is 9.77. The summed E-state index contributed by atoms with van der Waals surface area (Å²) in [7, 11) is 0. The third-order valence-corrected chi connectivity index (χ3v) is 4.52. The molecule has 2 amide bonds. The monoisotopic (exact) mass is 284 g/mol. The van der Waals surface area contributed by atoms with Gasteiger partial charge >= 0.3 is 0 Å². The molecule has 1 atom stereocenters. The van der Waals surface area contributed by atoms with Gasteiger partial charge in [0.1, 0.15) is 0 Å². The number of carbonyl (C=O) groups is 2. The van der Waals surface area contributed by atoms with E-state index in [0.717, 1.165) is 30.5 Å². The Balaban J connectivity index is 1.68. The average Bonchev–Trinajstić information content (AvgIpc) is 2.88. The fourth-order valence-corrected chi connectivity index (χ4v) is 3.26. The maximum absolute atomic E-state index is 12.3. The Kier molecular flexibility index (Phi) is 3.53. The molecule has 3 rings (SSSR count). The number of rotatable bonds is 3. The zero-order chi connectivity index (χ0) is 14.9. The number of benzene rings is 1. The van der Waals surface area contributed by atoms with Crippen LogP contribution in [0, 0.1) is 12.3 Å². The Labute approximate surface area is 124 Å². The van der Waals surface area contributed by atoms with Gasteiger partial charge in [-0.25, -0.2) is 0 Å². The van der Waals surface area contributed by atoms with Crippen molar-refractivity contribution >= 4 is 11.8 Å². The molecule has 2 aliphatic rings. The summed E-state index contributed by atoms with van der Waals surface area (Å²) >= 11 is 0. The van der Waals surface area contributed by atoms with Crippen LogP contribution >= 0.6 is 0 Å². The molecule has 0 radical (unpaired) electrons. The Morgan fingerprint density at radius 1 is 1.38 bits per heavy atom. The summed E-state index contributed by atoms with van der Waals surface area (Å²) in [6.45, 7) is 2.57. The third-order valence-electron chi connectivity index (χ3n) is 4.52. The van der Waals surface area contributed by atoms with Crippen LogP contribution in [0.1, 0.15) is 41.6 Å². The summed E-state index contributed by atoms with van der Waals surface area (Å²) in [6.07, 6.45) is 5.42. The van der Waals surface area contributed by atoms with Crippen LogP contribution in [0.3, 0.4) is 0 Å². The maximum Gasteiger partial charge on any atom is 0.251 e. The molecule has 0 spiro atoms. The highest BCUT2D eigenvalue weighted by molar-refractivity contribution is 5.94. The number of amides is 2. The van der Waals surface area contributed by atoms with E-state index in [1.165, 1.54) is 0 Å². The Morgan fingerprint density at radius 2 is 2.24 bits per heavy atom. The highest BCUT2D eigenvalue weighted by Crippen LogP contribution is 2.43. The van der Waals surface area contributed by atoms with Gasteiger partial charge in [0.05, 0.1) is 0 Å². The lowest BCUT2D eigenvalue weighted by Gasteiger charge is -2.36. The number of fused-ring (bicyclic) bond motifs is 1. The van der Waals surface area contributed by atoms with E-state index in [1.54, 1.807) is 0 Å². The Morgan fingerprint density at radius 3 is 3.05 bits per heavy atom. The molecule has 0 saturated carbocycles. The molecule has 1 heterocycles. The second-order valence-corrected chi connectivity index (χ2v) is 6.04. The van der Waals surface area contributed by atoms with E-state index in [4.69, 9.17) is 0 Å². The van der Waals surface area contributed by atoms with Crippen LogP contribution in [0.5, 0.6) is 0 Å². The lowest BCUT2D eigenvalue weighted by Crippen LogP contribution is -2.46. The van der Waals surface area contributed by atoms with Crippen molar-refractivity contribution in [1.82, 2.24) is 10.6 Å². The van der Waals surface area contributed by atoms with Crippen LogP contribution in [0.2, 0.25) is 0 Å². The fraction of sp³-hybridized carbons (Fsp3) is 0.412.